The molecule has 4 nitrogen and oxygen atoms in total. The van der Waals surface area contributed by atoms with Crippen LogP contribution < -0.4 is 0 Å². The van der Waals surface area contributed by atoms with E-state index in [0.29, 0.717) is 24.2 Å². The second-order valence-corrected chi connectivity index (χ2v) is 5.13. The van der Waals surface area contributed by atoms with E-state index in [4.69, 9.17) is 4.74 Å². The number of hydrogen-bond acceptors (Lipinski definition) is 3. The normalized spacial score (nSPS) is 18.8. The van der Waals surface area contributed by atoms with Crippen LogP contribution in [0.5, 0.6) is 0 Å². The largest absolute Gasteiger partial charge is 0.469 e. The second-order valence-electron chi connectivity index (χ2n) is 5.13. The van der Waals surface area contributed by atoms with Gasteiger partial charge in [0.1, 0.15) is 5.82 Å². The van der Waals surface area contributed by atoms with Gasteiger partial charge in [-0.1, -0.05) is 0 Å². The second kappa shape index (κ2) is 6.03. The first kappa shape index (κ1) is 14.5. The van der Waals surface area contributed by atoms with Crippen LogP contribution in [0.4, 0.5) is 4.39 Å². The van der Waals surface area contributed by atoms with Crippen LogP contribution >= 0.6 is 0 Å². The number of benzene rings is 1. The van der Waals surface area contributed by atoms with Gasteiger partial charge < -0.3 is 9.64 Å². The molecule has 1 unspecified atom stereocenters. The molecule has 0 aliphatic carbocycles. The van der Waals surface area contributed by atoms with Gasteiger partial charge in [0.25, 0.3) is 5.91 Å². The number of rotatable bonds is 2. The molecule has 1 heterocycles. The van der Waals surface area contributed by atoms with Gasteiger partial charge in [0.05, 0.1) is 13.0 Å². The average molecular weight is 279 g/mol. The summed E-state index contributed by atoms with van der Waals surface area (Å²) in [6.07, 6.45) is 1.47. The Morgan fingerprint density at radius 3 is 2.75 bits per heavy atom. The monoisotopic (exact) mass is 279 g/mol. The predicted molar refractivity (Wildman–Crippen MR) is 71.8 cm³/mol. The molecule has 20 heavy (non-hydrogen) atoms. The number of likely N-dealkylation sites (tertiary alicyclic amines) is 1. The van der Waals surface area contributed by atoms with Gasteiger partial charge in [-0.15, -0.1) is 0 Å². The van der Waals surface area contributed by atoms with Gasteiger partial charge in [-0.2, -0.15) is 0 Å². The summed E-state index contributed by atoms with van der Waals surface area (Å²) >= 11 is 0. The lowest BCUT2D eigenvalue weighted by molar-refractivity contribution is -0.146. The highest BCUT2D eigenvalue weighted by Crippen LogP contribution is 2.20. The van der Waals surface area contributed by atoms with E-state index >= 15 is 0 Å². The third-order valence-electron chi connectivity index (χ3n) is 3.53. The number of aryl methyl sites for hydroxylation is 1. The van der Waals surface area contributed by atoms with Crippen molar-refractivity contribution in [3.8, 4) is 0 Å². The molecule has 1 aliphatic heterocycles. The van der Waals surface area contributed by atoms with Crippen LogP contribution in [0.15, 0.2) is 18.2 Å². The van der Waals surface area contributed by atoms with Crippen LogP contribution in [0.25, 0.3) is 0 Å². The van der Waals surface area contributed by atoms with Crippen molar-refractivity contribution in [3.63, 3.8) is 0 Å². The van der Waals surface area contributed by atoms with Crippen molar-refractivity contribution >= 4 is 11.9 Å². The predicted octanol–water partition coefficient (Wildman–Crippen LogP) is 2.16. The summed E-state index contributed by atoms with van der Waals surface area (Å²) in [7, 11) is 1.35. The number of ether oxygens (including phenoxy) is 1. The molecule has 1 aromatic rings. The summed E-state index contributed by atoms with van der Waals surface area (Å²) in [6.45, 7) is 2.66. The van der Waals surface area contributed by atoms with Gasteiger partial charge in [0, 0.05) is 18.7 Å². The Bertz CT molecular complexity index is 510. The topological polar surface area (TPSA) is 46.6 Å². The van der Waals surface area contributed by atoms with Crippen LogP contribution in [0.3, 0.4) is 0 Å². The Hall–Kier alpha value is -1.91. The lowest BCUT2D eigenvalue weighted by Crippen LogP contribution is -2.42. The number of carbonyl (C=O) groups excluding carboxylic acids is 2. The Morgan fingerprint density at radius 2 is 2.10 bits per heavy atom. The van der Waals surface area contributed by atoms with E-state index in [2.05, 4.69) is 0 Å². The first-order valence-electron chi connectivity index (χ1n) is 6.65. The van der Waals surface area contributed by atoms with Crippen molar-refractivity contribution in [2.75, 3.05) is 20.2 Å². The molecule has 5 heteroatoms. The zero-order valence-corrected chi connectivity index (χ0v) is 11.7. The molecule has 1 saturated heterocycles. The molecule has 0 spiro atoms. The molecule has 1 amide bonds. The Kier molecular flexibility index (Phi) is 4.37. The minimum atomic E-state index is -0.421. The van der Waals surface area contributed by atoms with E-state index in [9.17, 15) is 14.0 Å². The fourth-order valence-electron chi connectivity index (χ4n) is 2.56. The zero-order valence-electron chi connectivity index (χ0n) is 11.7. The fraction of sp³-hybridized carbons (Fsp3) is 0.467. The number of piperidine rings is 1. The maximum absolute atomic E-state index is 13.4. The van der Waals surface area contributed by atoms with Crippen molar-refractivity contribution in [1.29, 1.82) is 0 Å². The average Bonchev–Trinajstić information content (AvgIpc) is 2.44. The number of amides is 1. The minimum absolute atomic E-state index is 0.235. The molecule has 0 saturated carbocycles. The summed E-state index contributed by atoms with van der Waals surface area (Å²) in [5.74, 6) is -1.23. The molecule has 1 atom stereocenters. The van der Waals surface area contributed by atoms with Gasteiger partial charge in [-0.05, 0) is 43.5 Å². The highest BCUT2D eigenvalue weighted by atomic mass is 19.1. The molecular formula is C15H18FNO3. The summed E-state index contributed by atoms with van der Waals surface area (Å²) in [5.41, 5.74) is 1.03. The summed E-state index contributed by atoms with van der Waals surface area (Å²) in [6, 6.07) is 4.27. The fourth-order valence-corrected chi connectivity index (χ4v) is 2.56. The molecule has 0 aromatic heterocycles. The zero-order chi connectivity index (χ0) is 14.7. The molecule has 2 rings (SSSR count). The third kappa shape index (κ3) is 3.15. The lowest BCUT2D eigenvalue weighted by atomic mass is 9.97. The molecule has 1 aromatic carbocycles. The molecule has 0 radical (unpaired) electrons. The van der Waals surface area contributed by atoms with Gasteiger partial charge in [-0.3, -0.25) is 9.59 Å². The summed E-state index contributed by atoms with van der Waals surface area (Å²) in [5, 5.41) is 0. The summed E-state index contributed by atoms with van der Waals surface area (Å²) in [4.78, 5) is 25.5. The number of methoxy groups -OCH3 is 1. The van der Waals surface area contributed by atoms with E-state index in [1.54, 1.807) is 17.9 Å². The first-order chi connectivity index (χ1) is 9.51. The Balaban J connectivity index is 2.14. The van der Waals surface area contributed by atoms with Crippen molar-refractivity contribution in [3.05, 3.63) is 35.1 Å². The molecule has 1 fully saturated rings. The summed E-state index contributed by atoms with van der Waals surface area (Å²) < 4.78 is 18.1. The van der Waals surface area contributed by atoms with Gasteiger partial charge in [0.2, 0.25) is 0 Å². The number of hydrogen-bond donors (Lipinski definition) is 0. The van der Waals surface area contributed by atoms with Gasteiger partial charge >= 0.3 is 5.97 Å². The molecule has 108 valence electrons. The van der Waals surface area contributed by atoms with Crippen LogP contribution in [0, 0.1) is 18.7 Å². The van der Waals surface area contributed by atoms with E-state index in [-0.39, 0.29) is 17.8 Å². The lowest BCUT2D eigenvalue weighted by Gasteiger charge is -2.31. The molecular weight excluding hydrogens is 261 g/mol. The molecule has 1 aliphatic rings. The number of esters is 1. The van der Waals surface area contributed by atoms with E-state index < -0.39 is 5.82 Å². The number of halogens is 1. The Labute approximate surface area is 117 Å². The smallest absolute Gasteiger partial charge is 0.310 e. The maximum Gasteiger partial charge on any atom is 0.310 e. The minimum Gasteiger partial charge on any atom is -0.469 e. The van der Waals surface area contributed by atoms with Crippen LogP contribution in [-0.4, -0.2) is 37.0 Å². The van der Waals surface area contributed by atoms with E-state index in [1.807, 2.05) is 0 Å². The van der Waals surface area contributed by atoms with E-state index in [0.717, 1.165) is 12.8 Å². The molecule has 0 bridgehead atoms. The van der Waals surface area contributed by atoms with Crippen molar-refractivity contribution in [1.82, 2.24) is 4.90 Å². The number of carbonyl (C=O) groups is 2. The quantitative estimate of drug-likeness (QED) is 0.779. The van der Waals surface area contributed by atoms with Crippen molar-refractivity contribution in [2.45, 2.75) is 19.8 Å². The van der Waals surface area contributed by atoms with Crippen LogP contribution in [-0.2, 0) is 9.53 Å². The van der Waals surface area contributed by atoms with Gasteiger partial charge in [0.15, 0.2) is 0 Å². The van der Waals surface area contributed by atoms with Crippen LogP contribution in [0.1, 0.15) is 28.8 Å². The van der Waals surface area contributed by atoms with Crippen LogP contribution in [0.2, 0.25) is 0 Å². The third-order valence-corrected chi connectivity index (χ3v) is 3.53. The van der Waals surface area contributed by atoms with Crippen molar-refractivity contribution < 1.29 is 18.7 Å². The standard InChI is InChI=1S/C15H18FNO3/c1-10-6-12(8-13(16)7-10)14(18)17-5-3-4-11(9-17)15(19)20-2/h6-8,11H,3-5,9H2,1-2H3. The Morgan fingerprint density at radius 1 is 1.35 bits per heavy atom. The van der Waals surface area contributed by atoms with E-state index in [1.165, 1.54) is 19.2 Å². The molecule has 0 N–H and O–H groups in total. The van der Waals surface area contributed by atoms with Crippen molar-refractivity contribution in [2.24, 2.45) is 5.92 Å². The highest BCUT2D eigenvalue weighted by Gasteiger charge is 2.29. The SMILES string of the molecule is COC(=O)C1CCCN(C(=O)c2cc(C)cc(F)c2)C1. The maximum atomic E-state index is 13.4. The first-order valence-corrected chi connectivity index (χ1v) is 6.65. The highest BCUT2D eigenvalue weighted by molar-refractivity contribution is 5.94. The van der Waals surface area contributed by atoms with Gasteiger partial charge in [-0.25, -0.2) is 4.39 Å². The number of nitrogens with zero attached hydrogens (tertiary/aromatic N) is 1.